The van der Waals surface area contributed by atoms with E-state index in [2.05, 4.69) is 20.9 Å². The van der Waals surface area contributed by atoms with E-state index >= 15 is 0 Å². The molecule has 0 saturated heterocycles. The van der Waals surface area contributed by atoms with Gasteiger partial charge in [0.05, 0.1) is 23.5 Å². The molecule has 0 radical (unpaired) electrons. The molecule has 0 aliphatic carbocycles. The number of aromatic nitrogens is 2. The summed E-state index contributed by atoms with van der Waals surface area (Å²) in [7, 11) is 0. The fourth-order valence-electron chi connectivity index (χ4n) is 2.62. The lowest BCUT2D eigenvalue weighted by molar-refractivity contribution is 0.174. The number of aryl methyl sites for hydroxylation is 1. The van der Waals surface area contributed by atoms with Gasteiger partial charge in [0, 0.05) is 13.1 Å². The molecule has 1 unspecified atom stereocenters. The molecule has 0 bridgehead atoms. The van der Waals surface area contributed by atoms with E-state index in [4.69, 9.17) is 0 Å². The highest BCUT2D eigenvalue weighted by molar-refractivity contribution is 5.74. The number of aliphatic hydroxyl groups excluding tert-OH is 1. The van der Waals surface area contributed by atoms with Crippen LogP contribution in [-0.4, -0.2) is 32.9 Å². The van der Waals surface area contributed by atoms with Gasteiger partial charge in [-0.2, -0.15) is 0 Å². The van der Waals surface area contributed by atoms with E-state index in [-0.39, 0.29) is 5.75 Å². The minimum Gasteiger partial charge on any atom is -0.508 e. The van der Waals surface area contributed by atoms with E-state index in [1.165, 1.54) is 0 Å². The third kappa shape index (κ3) is 3.88. The average molecular weight is 311 g/mol. The van der Waals surface area contributed by atoms with E-state index in [0.29, 0.717) is 6.54 Å². The van der Waals surface area contributed by atoms with Gasteiger partial charge in [-0.3, -0.25) is 0 Å². The summed E-state index contributed by atoms with van der Waals surface area (Å²) in [6.07, 6.45) is 2.27. The topological polar surface area (TPSA) is 70.3 Å². The summed E-state index contributed by atoms with van der Waals surface area (Å²) in [5, 5.41) is 22.6. The minimum atomic E-state index is -0.565. The molecule has 23 heavy (non-hydrogen) atoms. The van der Waals surface area contributed by atoms with Crippen LogP contribution in [0, 0.1) is 0 Å². The van der Waals surface area contributed by atoms with Gasteiger partial charge < -0.3 is 20.1 Å². The zero-order valence-corrected chi connectivity index (χ0v) is 12.9. The van der Waals surface area contributed by atoms with Gasteiger partial charge in [-0.05, 0) is 42.8 Å². The molecule has 0 amide bonds. The summed E-state index contributed by atoms with van der Waals surface area (Å²) in [6.45, 7) is 2.21. The van der Waals surface area contributed by atoms with E-state index < -0.39 is 6.10 Å². The molecule has 1 aromatic heterocycles. The first-order valence-electron chi connectivity index (χ1n) is 7.81. The van der Waals surface area contributed by atoms with Crippen molar-refractivity contribution >= 4 is 11.0 Å². The smallest absolute Gasteiger partial charge is 0.115 e. The standard InChI is InChI=1S/C18H21N3O2/c22-15-8-6-14(7-9-15)18(23)12-19-10-3-11-21-13-20-16-4-1-2-5-17(16)21/h1-2,4-9,13,18-19,22-23H,3,10-12H2. The number of phenols is 1. The first kappa shape index (κ1) is 15.5. The van der Waals surface area contributed by atoms with Crippen LogP contribution in [0.2, 0.25) is 0 Å². The number of hydrogen-bond donors (Lipinski definition) is 3. The third-order valence-electron chi connectivity index (χ3n) is 3.90. The van der Waals surface area contributed by atoms with Crippen molar-refractivity contribution in [3.8, 4) is 5.75 Å². The summed E-state index contributed by atoms with van der Waals surface area (Å²) < 4.78 is 2.15. The van der Waals surface area contributed by atoms with Crippen LogP contribution in [0.3, 0.4) is 0 Å². The Hall–Kier alpha value is -2.37. The second-order valence-corrected chi connectivity index (χ2v) is 5.59. The minimum absolute atomic E-state index is 0.210. The SMILES string of the molecule is Oc1ccc(C(O)CNCCCn2cnc3ccccc32)cc1. The third-order valence-corrected chi connectivity index (χ3v) is 3.90. The van der Waals surface area contributed by atoms with Gasteiger partial charge in [-0.15, -0.1) is 0 Å². The molecule has 5 heteroatoms. The molecule has 5 nitrogen and oxygen atoms in total. The van der Waals surface area contributed by atoms with E-state index in [1.54, 1.807) is 24.3 Å². The van der Waals surface area contributed by atoms with Crippen molar-refractivity contribution in [3.05, 3.63) is 60.4 Å². The first-order chi connectivity index (χ1) is 11.2. The number of aromatic hydroxyl groups is 1. The van der Waals surface area contributed by atoms with Crippen LogP contribution >= 0.6 is 0 Å². The van der Waals surface area contributed by atoms with Crippen LogP contribution in [0.1, 0.15) is 18.1 Å². The summed E-state index contributed by atoms with van der Waals surface area (Å²) in [5.41, 5.74) is 2.97. The number of imidazole rings is 1. The Morgan fingerprint density at radius 3 is 2.70 bits per heavy atom. The second-order valence-electron chi connectivity index (χ2n) is 5.59. The highest BCUT2D eigenvalue weighted by Crippen LogP contribution is 2.16. The summed E-state index contributed by atoms with van der Waals surface area (Å²) in [4.78, 5) is 4.37. The van der Waals surface area contributed by atoms with Crippen LogP contribution in [-0.2, 0) is 6.54 Å². The highest BCUT2D eigenvalue weighted by Gasteiger charge is 2.06. The molecule has 3 rings (SSSR count). The van der Waals surface area contributed by atoms with Gasteiger partial charge in [-0.25, -0.2) is 4.98 Å². The van der Waals surface area contributed by atoms with Crippen molar-refractivity contribution in [2.75, 3.05) is 13.1 Å². The van der Waals surface area contributed by atoms with E-state index in [9.17, 15) is 10.2 Å². The first-order valence-corrected chi connectivity index (χ1v) is 7.81. The largest absolute Gasteiger partial charge is 0.508 e. The average Bonchev–Trinajstić information content (AvgIpc) is 2.98. The second kappa shape index (κ2) is 7.26. The molecule has 0 saturated carbocycles. The van der Waals surface area contributed by atoms with Crippen LogP contribution in [0.15, 0.2) is 54.9 Å². The number of rotatable bonds is 7. The van der Waals surface area contributed by atoms with Crippen molar-refractivity contribution in [2.24, 2.45) is 0 Å². The van der Waals surface area contributed by atoms with Crippen molar-refractivity contribution < 1.29 is 10.2 Å². The van der Waals surface area contributed by atoms with Gasteiger partial charge in [-0.1, -0.05) is 24.3 Å². The lowest BCUT2D eigenvalue weighted by Crippen LogP contribution is -2.23. The Balaban J connectivity index is 1.42. The van der Waals surface area contributed by atoms with Gasteiger partial charge in [0.1, 0.15) is 5.75 Å². The predicted molar refractivity (Wildman–Crippen MR) is 90.3 cm³/mol. The van der Waals surface area contributed by atoms with Gasteiger partial charge in [0.15, 0.2) is 0 Å². The maximum absolute atomic E-state index is 10.1. The number of aliphatic hydroxyl groups is 1. The van der Waals surface area contributed by atoms with Crippen LogP contribution < -0.4 is 5.32 Å². The van der Waals surface area contributed by atoms with E-state index in [1.807, 2.05) is 24.5 Å². The Bertz CT molecular complexity index is 752. The fraction of sp³-hybridized carbons (Fsp3) is 0.278. The molecule has 0 aliphatic heterocycles. The quantitative estimate of drug-likeness (QED) is 0.586. The molecule has 3 aromatic rings. The molecular formula is C18H21N3O2. The number of benzene rings is 2. The van der Waals surface area contributed by atoms with Crippen molar-refractivity contribution in [2.45, 2.75) is 19.1 Å². The number of nitrogens with zero attached hydrogens (tertiary/aromatic N) is 2. The summed E-state index contributed by atoms with van der Waals surface area (Å²) >= 11 is 0. The summed E-state index contributed by atoms with van der Waals surface area (Å²) in [6, 6.07) is 14.7. The van der Waals surface area contributed by atoms with Gasteiger partial charge in [0.25, 0.3) is 0 Å². The monoisotopic (exact) mass is 311 g/mol. The van der Waals surface area contributed by atoms with Crippen molar-refractivity contribution in [1.29, 1.82) is 0 Å². The normalized spacial score (nSPS) is 12.6. The molecule has 1 atom stereocenters. The molecule has 2 aromatic carbocycles. The lowest BCUT2D eigenvalue weighted by atomic mass is 10.1. The molecule has 3 N–H and O–H groups in total. The van der Waals surface area contributed by atoms with Crippen molar-refractivity contribution in [3.63, 3.8) is 0 Å². The number of para-hydroxylation sites is 2. The Morgan fingerprint density at radius 2 is 1.87 bits per heavy atom. The van der Waals surface area contributed by atoms with Crippen LogP contribution in [0.5, 0.6) is 5.75 Å². The van der Waals surface area contributed by atoms with Gasteiger partial charge in [0.2, 0.25) is 0 Å². The van der Waals surface area contributed by atoms with Crippen molar-refractivity contribution in [1.82, 2.24) is 14.9 Å². The Kier molecular flexibility index (Phi) is 4.90. The number of fused-ring (bicyclic) bond motifs is 1. The maximum Gasteiger partial charge on any atom is 0.115 e. The maximum atomic E-state index is 10.1. The lowest BCUT2D eigenvalue weighted by Gasteiger charge is -2.12. The highest BCUT2D eigenvalue weighted by atomic mass is 16.3. The molecule has 1 heterocycles. The number of hydrogen-bond acceptors (Lipinski definition) is 4. The Morgan fingerprint density at radius 1 is 1.09 bits per heavy atom. The molecule has 0 spiro atoms. The molecular weight excluding hydrogens is 290 g/mol. The van der Waals surface area contributed by atoms with Crippen LogP contribution in [0.25, 0.3) is 11.0 Å². The number of nitrogens with one attached hydrogen (secondary N) is 1. The summed E-state index contributed by atoms with van der Waals surface area (Å²) in [5.74, 6) is 0.210. The molecule has 0 fully saturated rings. The predicted octanol–water partition coefficient (Wildman–Crippen LogP) is 2.46. The van der Waals surface area contributed by atoms with E-state index in [0.717, 1.165) is 36.1 Å². The molecule has 0 aliphatic rings. The zero-order valence-electron chi connectivity index (χ0n) is 12.9. The zero-order chi connectivity index (χ0) is 16.1. The van der Waals surface area contributed by atoms with Gasteiger partial charge >= 0.3 is 0 Å². The molecule has 120 valence electrons. The fourth-order valence-corrected chi connectivity index (χ4v) is 2.62. The Labute approximate surface area is 135 Å². The van der Waals surface area contributed by atoms with Crippen LogP contribution in [0.4, 0.5) is 0 Å². The number of phenolic OH excluding ortho intramolecular Hbond substituents is 1.